The number of fused-ring (bicyclic) bond motifs is 1. The SMILES string of the molecule is c1ccc(COc2cc3c(c(OCc4ccccc4)c2OCc2ccccc2)CNCC3)cc1. The van der Waals surface area contributed by atoms with Gasteiger partial charge in [-0.05, 0) is 41.3 Å². The van der Waals surface area contributed by atoms with Gasteiger partial charge in [-0.1, -0.05) is 91.0 Å². The van der Waals surface area contributed by atoms with Gasteiger partial charge in [-0.15, -0.1) is 0 Å². The third kappa shape index (κ3) is 5.41. The predicted octanol–water partition coefficient (Wildman–Crippen LogP) is 6.07. The van der Waals surface area contributed by atoms with Crippen molar-refractivity contribution in [1.82, 2.24) is 5.32 Å². The van der Waals surface area contributed by atoms with Crippen molar-refractivity contribution < 1.29 is 14.2 Å². The van der Waals surface area contributed by atoms with E-state index in [1.54, 1.807) is 0 Å². The highest BCUT2D eigenvalue weighted by molar-refractivity contribution is 5.60. The summed E-state index contributed by atoms with van der Waals surface area (Å²) in [6.07, 6.45) is 0.928. The second-order valence-corrected chi connectivity index (χ2v) is 8.42. The largest absolute Gasteiger partial charge is 0.485 e. The molecule has 1 heterocycles. The average Bonchev–Trinajstić information content (AvgIpc) is 2.91. The van der Waals surface area contributed by atoms with Crippen LogP contribution in [-0.4, -0.2) is 6.54 Å². The zero-order valence-corrected chi connectivity index (χ0v) is 19.2. The van der Waals surface area contributed by atoms with Gasteiger partial charge < -0.3 is 19.5 Å². The standard InChI is InChI=1S/C30H29NO3/c1-4-10-23(11-5-1)20-32-28-18-26-16-17-31-19-27(26)29(33-21-24-12-6-2-7-13-24)30(28)34-22-25-14-8-3-9-15-25/h1-15,18,31H,16-17,19-22H2. The summed E-state index contributed by atoms with van der Waals surface area (Å²) in [5.41, 5.74) is 5.72. The minimum Gasteiger partial charge on any atom is -0.485 e. The van der Waals surface area contributed by atoms with Crippen LogP contribution >= 0.6 is 0 Å². The molecule has 1 N–H and O–H groups in total. The van der Waals surface area contributed by atoms with Crippen molar-refractivity contribution >= 4 is 0 Å². The molecule has 4 aromatic carbocycles. The minimum atomic E-state index is 0.441. The van der Waals surface area contributed by atoms with Gasteiger partial charge >= 0.3 is 0 Å². The molecule has 0 unspecified atom stereocenters. The summed E-state index contributed by atoms with van der Waals surface area (Å²) < 4.78 is 19.2. The van der Waals surface area contributed by atoms with E-state index in [4.69, 9.17) is 14.2 Å². The molecule has 5 rings (SSSR count). The van der Waals surface area contributed by atoms with E-state index >= 15 is 0 Å². The zero-order valence-electron chi connectivity index (χ0n) is 19.2. The van der Waals surface area contributed by atoms with Crippen LogP contribution < -0.4 is 19.5 Å². The van der Waals surface area contributed by atoms with Crippen LogP contribution in [0.5, 0.6) is 17.2 Å². The first-order valence-electron chi connectivity index (χ1n) is 11.8. The van der Waals surface area contributed by atoms with Crippen LogP contribution in [0, 0.1) is 0 Å². The maximum Gasteiger partial charge on any atom is 0.204 e. The van der Waals surface area contributed by atoms with E-state index in [2.05, 4.69) is 47.8 Å². The second-order valence-electron chi connectivity index (χ2n) is 8.42. The number of benzene rings is 4. The average molecular weight is 452 g/mol. The molecular formula is C30H29NO3. The Hall–Kier alpha value is -3.76. The van der Waals surface area contributed by atoms with Crippen LogP contribution in [0.25, 0.3) is 0 Å². The minimum absolute atomic E-state index is 0.441. The molecule has 0 saturated carbocycles. The number of hydrogen-bond acceptors (Lipinski definition) is 4. The Kier molecular flexibility index (Phi) is 7.07. The van der Waals surface area contributed by atoms with Crippen molar-refractivity contribution in [3.05, 3.63) is 125 Å². The summed E-state index contributed by atoms with van der Waals surface area (Å²) in [6, 6.07) is 32.7. The van der Waals surface area contributed by atoms with Crippen LogP contribution in [0.1, 0.15) is 27.8 Å². The van der Waals surface area contributed by atoms with Crippen molar-refractivity contribution in [2.75, 3.05) is 6.54 Å². The van der Waals surface area contributed by atoms with E-state index in [0.717, 1.165) is 53.3 Å². The molecule has 172 valence electrons. The van der Waals surface area contributed by atoms with Gasteiger partial charge in [-0.2, -0.15) is 0 Å². The van der Waals surface area contributed by atoms with Crippen molar-refractivity contribution in [2.45, 2.75) is 32.8 Å². The number of rotatable bonds is 9. The van der Waals surface area contributed by atoms with Gasteiger partial charge in [-0.25, -0.2) is 0 Å². The van der Waals surface area contributed by atoms with Gasteiger partial charge in [0, 0.05) is 12.1 Å². The Morgan fingerprint density at radius 3 is 1.65 bits per heavy atom. The van der Waals surface area contributed by atoms with Crippen LogP contribution in [0.15, 0.2) is 97.1 Å². The first-order valence-corrected chi connectivity index (χ1v) is 11.8. The van der Waals surface area contributed by atoms with E-state index in [-0.39, 0.29) is 0 Å². The highest BCUT2D eigenvalue weighted by Crippen LogP contribution is 2.44. The summed E-state index contributed by atoms with van der Waals surface area (Å²) >= 11 is 0. The van der Waals surface area contributed by atoms with Crippen molar-refractivity contribution in [3.63, 3.8) is 0 Å². The molecule has 0 spiro atoms. The molecule has 4 nitrogen and oxygen atoms in total. The Morgan fingerprint density at radius 2 is 1.09 bits per heavy atom. The second kappa shape index (κ2) is 10.9. The van der Waals surface area contributed by atoms with Gasteiger partial charge in [0.15, 0.2) is 11.5 Å². The van der Waals surface area contributed by atoms with Gasteiger partial charge in [0.1, 0.15) is 19.8 Å². The highest BCUT2D eigenvalue weighted by atomic mass is 16.5. The molecule has 0 atom stereocenters. The van der Waals surface area contributed by atoms with Crippen molar-refractivity contribution in [3.8, 4) is 17.2 Å². The van der Waals surface area contributed by atoms with Gasteiger partial charge in [0.2, 0.25) is 5.75 Å². The Balaban J connectivity index is 1.49. The molecule has 4 heteroatoms. The van der Waals surface area contributed by atoms with Crippen LogP contribution in [0.2, 0.25) is 0 Å². The first-order chi connectivity index (χ1) is 16.9. The molecule has 0 aromatic heterocycles. The molecule has 0 fully saturated rings. The van der Waals surface area contributed by atoms with Crippen molar-refractivity contribution in [2.24, 2.45) is 0 Å². The summed E-state index contributed by atoms with van der Waals surface area (Å²) in [4.78, 5) is 0. The molecule has 0 radical (unpaired) electrons. The quantitative estimate of drug-likeness (QED) is 0.335. The summed E-state index contributed by atoms with van der Waals surface area (Å²) in [5, 5.41) is 3.48. The summed E-state index contributed by atoms with van der Waals surface area (Å²) in [6.45, 7) is 3.07. The van der Waals surface area contributed by atoms with Gasteiger partial charge in [0.05, 0.1) is 0 Å². The molecule has 1 aliphatic rings. The smallest absolute Gasteiger partial charge is 0.204 e. The van der Waals surface area contributed by atoms with E-state index in [1.165, 1.54) is 5.56 Å². The topological polar surface area (TPSA) is 39.7 Å². The van der Waals surface area contributed by atoms with Crippen molar-refractivity contribution in [1.29, 1.82) is 0 Å². The fourth-order valence-corrected chi connectivity index (χ4v) is 4.15. The lowest BCUT2D eigenvalue weighted by molar-refractivity contribution is 0.227. The predicted molar refractivity (Wildman–Crippen MR) is 134 cm³/mol. The number of ether oxygens (including phenoxy) is 3. The van der Waals surface area contributed by atoms with E-state index in [0.29, 0.717) is 25.6 Å². The summed E-state index contributed by atoms with van der Waals surface area (Å²) in [7, 11) is 0. The van der Waals surface area contributed by atoms with E-state index in [9.17, 15) is 0 Å². The molecule has 34 heavy (non-hydrogen) atoms. The fourth-order valence-electron chi connectivity index (χ4n) is 4.15. The van der Waals surface area contributed by atoms with E-state index < -0.39 is 0 Å². The maximum atomic E-state index is 6.46. The molecule has 0 aliphatic carbocycles. The zero-order chi connectivity index (χ0) is 23.0. The molecule has 0 saturated heterocycles. The van der Waals surface area contributed by atoms with Crippen LogP contribution in [0.3, 0.4) is 0 Å². The Morgan fingerprint density at radius 1 is 0.588 bits per heavy atom. The molecule has 1 aliphatic heterocycles. The third-order valence-corrected chi connectivity index (χ3v) is 5.96. The third-order valence-electron chi connectivity index (χ3n) is 5.96. The van der Waals surface area contributed by atoms with Crippen LogP contribution in [-0.2, 0) is 32.8 Å². The molecule has 4 aromatic rings. The number of nitrogens with one attached hydrogen (secondary N) is 1. The molecular weight excluding hydrogens is 422 g/mol. The van der Waals surface area contributed by atoms with Crippen LogP contribution in [0.4, 0.5) is 0 Å². The Bertz CT molecular complexity index is 1190. The fraction of sp³-hybridized carbons (Fsp3) is 0.200. The maximum absolute atomic E-state index is 6.46. The van der Waals surface area contributed by atoms with E-state index in [1.807, 2.05) is 54.6 Å². The van der Waals surface area contributed by atoms with Gasteiger partial charge in [-0.3, -0.25) is 0 Å². The van der Waals surface area contributed by atoms with Gasteiger partial charge in [0.25, 0.3) is 0 Å². The lowest BCUT2D eigenvalue weighted by Crippen LogP contribution is -2.24. The lowest BCUT2D eigenvalue weighted by atomic mass is 9.98. The summed E-state index contributed by atoms with van der Waals surface area (Å²) in [5.74, 6) is 2.16. The lowest BCUT2D eigenvalue weighted by Gasteiger charge is -2.25. The highest BCUT2D eigenvalue weighted by Gasteiger charge is 2.24. The normalized spacial score (nSPS) is 12.6. The molecule has 0 amide bonds. The molecule has 0 bridgehead atoms. The first kappa shape index (κ1) is 22.1. The monoisotopic (exact) mass is 451 g/mol. The number of hydrogen-bond donors (Lipinski definition) is 1. The Labute approximate surface area is 201 Å².